The quantitative estimate of drug-likeness (QED) is 0.706. The van der Waals surface area contributed by atoms with Crippen LogP contribution in [0.1, 0.15) is 5.56 Å². The summed E-state index contributed by atoms with van der Waals surface area (Å²) in [6, 6.07) is 15.7. The zero-order chi connectivity index (χ0) is 12.5. The molecule has 3 rings (SSSR count). The van der Waals surface area contributed by atoms with Crippen molar-refractivity contribution in [2.24, 2.45) is 0 Å². The van der Waals surface area contributed by atoms with Gasteiger partial charge in [-0.2, -0.15) is 4.98 Å². The Labute approximate surface area is 104 Å². The lowest BCUT2D eigenvalue weighted by atomic mass is 10.1. The first kappa shape index (κ1) is 10.7. The Kier molecular flexibility index (Phi) is 2.45. The molecular formula is C15H12N2O. The minimum Gasteiger partial charge on any atom is -0.305 e. The van der Waals surface area contributed by atoms with E-state index in [9.17, 15) is 4.79 Å². The van der Waals surface area contributed by atoms with Gasteiger partial charge < -0.3 is 4.98 Å². The van der Waals surface area contributed by atoms with Gasteiger partial charge in [0.2, 0.25) is 0 Å². The average Bonchev–Trinajstić information content (AvgIpc) is 2.38. The Morgan fingerprint density at radius 1 is 1.06 bits per heavy atom. The summed E-state index contributed by atoms with van der Waals surface area (Å²) in [4.78, 5) is 18.5. The maximum Gasteiger partial charge on any atom is 0.345 e. The third-order valence-corrected chi connectivity index (χ3v) is 2.93. The Bertz CT molecular complexity index is 760. The van der Waals surface area contributed by atoms with Gasteiger partial charge in [0.25, 0.3) is 0 Å². The molecule has 3 nitrogen and oxygen atoms in total. The van der Waals surface area contributed by atoms with E-state index < -0.39 is 0 Å². The van der Waals surface area contributed by atoms with E-state index in [1.165, 1.54) is 0 Å². The van der Waals surface area contributed by atoms with Crippen LogP contribution >= 0.6 is 0 Å². The number of rotatable bonds is 1. The second-order valence-electron chi connectivity index (χ2n) is 4.31. The Morgan fingerprint density at radius 2 is 1.83 bits per heavy atom. The summed E-state index contributed by atoms with van der Waals surface area (Å²) in [7, 11) is 0. The summed E-state index contributed by atoms with van der Waals surface area (Å²) >= 11 is 0. The van der Waals surface area contributed by atoms with Gasteiger partial charge >= 0.3 is 5.69 Å². The van der Waals surface area contributed by atoms with E-state index in [-0.39, 0.29) is 5.69 Å². The Hall–Kier alpha value is -2.42. The van der Waals surface area contributed by atoms with Gasteiger partial charge in [0.15, 0.2) is 0 Å². The van der Waals surface area contributed by atoms with Crippen LogP contribution in [0.5, 0.6) is 0 Å². The zero-order valence-electron chi connectivity index (χ0n) is 9.97. The van der Waals surface area contributed by atoms with Crippen molar-refractivity contribution < 1.29 is 0 Å². The number of H-pyrrole nitrogens is 1. The minimum absolute atomic E-state index is 0.313. The SMILES string of the molecule is Cc1ccc2c(-c3ccccc3)nc(=O)[nH]c2c1. The normalized spacial score (nSPS) is 10.7. The second-order valence-corrected chi connectivity index (χ2v) is 4.31. The molecule has 0 saturated carbocycles. The van der Waals surface area contributed by atoms with Crippen molar-refractivity contribution in [1.29, 1.82) is 0 Å². The maximum absolute atomic E-state index is 11.6. The zero-order valence-corrected chi connectivity index (χ0v) is 9.97. The van der Waals surface area contributed by atoms with E-state index in [0.717, 1.165) is 27.7 Å². The minimum atomic E-state index is -0.313. The molecule has 0 aliphatic carbocycles. The van der Waals surface area contributed by atoms with E-state index in [0.29, 0.717) is 0 Å². The molecule has 3 heteroatoms. The molecule has 0 saturated heterocycles. The summed E-state index contributed by atoms with van der Waals surface area (Å²) in [5.41, 5.74) is 3.32. The topological polar surface area (TPSA) is 45.8 Å². The number of hydrogen-bond acceptors (Lipinski definition) is 2. The van der Waals surface area contributed by atoms with Crippen molar-refractivity contribution >= 4 is 10.9 Å². The van der Waals surface area contributed by atoms with Crippen LogP contribution < -0.4 is 5.69 Å². The molecule has 1 heterocycles. The van der Waals surface area contributed by atoms with Crippen molar-refractivity contribution in [3.63, 3.8) is 0 Å². The Balaban J connectivity index is 2.39. The molecule has 1 N–H and O–H groups in total. The van der Waals surface area contributed by atoms with Gasteiger partial charge in [-0.05, 0) is 18.6 Å². The highest BCUT2D eigenvalue weighted by molar-refractivity contribution is 5.92. The van der Waals surface area contributed by atoms with Crippen molar-refractivity contribution in [2.75, 3.05) is 0 Å². The van der Waals surface area contributed by atoms with Gasteiger partial charge in [-0.15, -0.1) is 0 Å². The summed E-state index contributed by atoms with van der Waals surface area (Å²) in [6.07, 6.45) is 0. The molecule has 0 amide bonds. The van der Waals surface area contributed by atoms with Crippen LogP contribution in [-0.4, -0.2) is 9.97 Å². The van der Waals surface area contributed by atoms with E-state index in [4.69, 9.17) is 0 Å². The van der Waals surface area contributed by atoms with E-state index in [1.54, 1.807) is 0 Å². The number of nitrogens with zero attached hydrogens (tertiary/aromatic N) is 1. The number of hydrogen-bond donors (Lipinski definition) is 1. The molecule has 1 aromatic heterocycles. The van der Waals surface area contributed by atoms with Crippen LogP contribution in [0.2, 0.25) is 0 Å². The summed E-state index contributed by atoms with van der Waals surface area (Å²) in [6.45, 7) is 2.00. The van der Waals surface area contributed by atoms with Gasteiger partial charge in [-0.3, -0.25) is 0 Å². The maximum atomic E-state index is 11.6. The fourth-order valence-electron chi connectivity index (χ4n) is 2.09. The predicted molar refractivity (Wildman–Crippen MR) is 72.5 cm³/mol. The highest BCUT2D eigenvalue weighted by atomic mass is 16.1. The number of benzene rings is 2. The molecule has 18 heavy (non-hydrogen) atoms. The van der Waals surface area contributed by atoms with Gasteiger partial charge in [-0.25, -0.2) is 4.79 Å². The first-order valence-electron chi connectivity index (χ1n) is 5.80. The van der Waals surface area contributed by atoms with Gasteiger partial charge in [0.1, 0.15) is 0 Å². The molecule has 0 atom stereocenters. The van der Waals surface area contributed by atoms with Gasteiger partial charge in [0, 0.05) is 10.9 Å². The van der Waals surface area contributed by atoms with Crippen LogP contribution in [0.3, 0.4) is 0 Å². The molecule has 0 bridgehead atoms. The van der Waals surface area contributed by atoms with Crippen molar-refractivity contribution in [2.45, 2.75) is 6.92 Å². The fraction of sp³-hybridized carbons (Fsp3) is 0.0667. The van der Waals surface area contributed by atoms with Crippen LogP contribution in [0.15, 0.2) is 53.3 Å². The fourth-order valence-corrected chi connectivity index (χ4v) is 2.09. The summed E-state index contributed by atoms with van der Waals surface area (Å²) < 4.78 is 0. The van der Waals surface area contributed by atoms with Crippen LogP contribution in [-0.2, 0) is 0 Å². The third-order valence-electron chi connectivity index (χ3n) is 2.93. The molecule has 0 unspecified atom stereocenters. The lowest BCUT2D eigenvalue weighted by molar-refractivity contribution is 1.12. The van der Waals surface area contributed by atoms with Crippen LogP contribution in [0.25, 0.3) is 22.2 Å². The van der Waals surface area contributed by atoms with Gasteiger partial charge in [0.05, 0.1) is 11.2 Å². The number of aromatic nitrogens is 2. The van der Waals surface area contributed by atoms with Gasteiger partial charge in [-0.1, -0.05) is 42.5 Å². The molecule has 0 aliphatic rings. The lowest BCUT2D eigenvalue weighted by Gasteiger charge is -2.05. The monoisotopic (exact) mass is 236 g/mol. The smallest absolute Gasteiger partial charge is 0.305 e. The molecule has 3 aromatic rings. The van der Waals surface area contributed by atoms with E-state index >= 15 is 0 Å². The highest BCUT2D eigenvalue weighted by Crippen LogP contribution is 2.24. The average molecular weight is 236 g/mol. The standard InChI is InChI=1S/C15H12N2O/c1-10-7-8-12-13(9-10)16-15(18)17-14(12)11-5-3-2-4-6-11/h2-9H,1H3,(H,16,17,18). The third kappa shape index (κ3) is 1.80. The second kappa shape index (κ2) is 4.11. The number of aryl methyl sites for hydroxylation is 1. The Morgan fingerprint density at radius 3 is 2.61 bits per heavy atom. The molecule has 88 valence electrons. The highest BCUT2D eigenvalue weighted by Gasteiger charge is 2.07. The molecular weight excluding hydrogens is 224 g/mol. The summed E-state index contributed by atoms with van der Waals surface area (Å²) in [5, 5.41) is 0.964. The largest absolute Gasteiger partial charge is 0.345 e. The number of fused-ring (bicyclic) bond motifs is 1. The molecule has 0 fully saturated rings. The number of aromatic amines is 1. The first-order valence-corrected chi connectivity index (χ1v) is 5.80. The number of nitrogens with one attached hydrogen (secondary N) is 1. The summed E-state index contributed by atoms with van der Waals surface area (Å²) in [5.74, 6) is 0. The van der Waals surface area contributed by atoms with Crippen molar-refractivity contribution in [1.82, 2.24) is 9.97 Å². The van der Waals surface area contributed by atoms with Crippen molar-refractivity contribution in [3.8, 4) is 11.3 Å². The van der Waals surface area contributed by atoms with E-state index in [1.807, 2.05) is 55.5 Å². The van der Waals surface area contributed by atoms with Crippen molar-refractivity contribution in [3.05, 3.63) is 64.6 Å². The van der Waals surface area contributed by atoms with E-state index in [2.05, 4.69) is 9.97 Å². The lowest BCUT2D eigenvalue weighted by Crippen LogP contribution is -2.11. The first-order chi connectivity index (χ1) is 8.74. The predicted octanol–water partition coefficient (Wildman–Crippen LogP) is 2.90. The molecule has 0 aliphatic heterocycles. The molecule has 2 aromatic carbocycles. The van der Waals surface area contributed by atoms with Crippen LogP contribution in [0.4, 0.5) is 0 Å². The molecule has 0 spiro atoms. The van der Waals surface area contributed by atoms with Crippen LogP contribution in [0, 0.1) is 6.92 Å². The molecule has 0 radical (unpaired) electrons.